The van der Waals surface area contributed by atoms with Crippen LogP contribution in [-0.4, -0.2) is 99.6 Å². The Morgan fingerprint density at radius 3 is 1.28 bits per heavy atom. The van der Waals surface area contributed by atoms with Crippen molar-refractivity contribution in [2.24, 2.45) is 0 Å². The van der Waals surface area contributed by atoms with Crippen LogP contribution < -0.4 is 5.32 Å². The second-order valence-electron chi connectivity index (χ2n) is 23.5. The number of ether oxygens (including phenoxy) is 3. The predicted octanol–water partition coefficient (Wildman–Crippen LogP) is 17.8. The summed E-state index contributed by atoms with van der Waals surface area (Å²) >= 11 is 0. The Bertz CT molecular complexity index is 1860. The maximum atomic E-state index is 13.4. The molecule has 0 aromatic carbocycles. The fourth-order valence-corrected chi connectivity index (χ4v) is 10.1. The summed E-state index contributed by atoms with van der Waals surface area (Å²) in [5.74, 6) is -1.24. The number of esters is 1. The van der Waals surface area contributed by atoms with E-state index in [4.69, 9.17) is 14.2 Å². The molecule has 1 saturated heterocycles. The van der Waals surface area contributed by atoms with Gasteiger partial charge in [-0.1, -0.05) is 277 Å². The lowest BCUT2D eigenvalue weighted by molar-refractivity contribution is -0.305. The van der Waals surface area contributed by atoms with Gasteiger partial charge in [0.25, 0.3) is 0 Å². The number of rotatable bonds is 58. The molecule has 0 aromatic rings. The highest BCUT2D eigenvalue weighted by Crippen LogP contribution is 2.26. The van der Waals surface area contributed by atoms with Gasteiger partial charge in [0.2, 0.25) is 5.91 Å². The van der Waals surface area contributed by atoms with E-state index in [-0.39, 0.29) is 19.4 Å². The smallest absolute Gasteiger partial charge is 0.306 e. The van der Waals surface area contributed by atoms with Crippen molar-refractivity contribution in [3.63, 3.8) is 0 Å². The summed E-state index contributed by atoms with van der Waals surface area (Å²) in [5.41, 5.74) is 0. The molecule has 1 amide bonds. The molecule has 8 unspecified atom stereocenters. The number of amides is 1. The number of unbranched alkanes of at least 4 members (excludes halogenated alkanes) is 26. The number of carbonyl (C=O) groups is 2. The van der Waals surface area contributed by atoms with Crippen LogP contribution in [0.2, 0.25) is 0 Å². The first-order chi connectivity index (χ1) is 42.2. The van der Waals surface area contributed by atoms with Gasteiger partial charge in [0.15, 0.2) is 12.4 Å². The van der Waals surface area contributed by atoms with Crippen LogP contribution in [0.3, 0.4) is 0 Å². The highest BCUT2D eigenvalue weighted by atomic mass is 16.7. The Kier molecular flexibility index (Phi) is 57.1. The van der Waals surface area contributed by atoms with Gasteiger partial charge in [0, 0.05) is 6.42 Å². The summed E-state index contributed by atoms with van der Waals surface area (Å²) in [4.78, 5) is 26.6. The highest BCUT2D eigenvalue weighted by molar-refractivity contribution is 5.80. The Labute approximate surface area is 525 Å². The van der Waals surface area contributed by atoms with Crippen LogP contribution in [0.5, 0.6) is 0 Å². The Morgan fingerprint density at radius 2 is 0.837 bits per heavy atom. The van der Waals surface area contributed by atoms with Gasteiger partial charge in [-0.15, -0.1) is 0 Å². The van der Waals surface area contributed by atoms with Gasteiger partial charge in [-0.3, -0.25) is 9.59 Å². The third-order valence-electron chi connectivity index (χ3n) is 15.6. The summed E-state index contributed by atoms with van der Waals surface area (Å²) in [6.07, 6.45) is 75.2. The van der Waals surface area contributed by atoms with Crippen molar-refractivity contribution in [2.45, 2.75) is 327 Å². The molecule has 6 N–H and O–H groups in total. The molecule has 8 atom stereocenters. The van der Waals surface area contributed by atoms with Crippen molar-refractivity contribution in [3.8, 4) is 0 Å². The summed E-state index contributed by atoms with van der Waals surface area (Å²) in [6.45, 7) is 5.63. The lowest BCUT2D eigenvalue weighted by Gasteiger charge is -2.41. The summed E-state index contributed by atoms with van der Waals surface area (Å²) < 4.78 is 17.7. The molecule has 1 aliphatic heterocycles. The highest BCUT2D eigenvalue weighted by Gasteiger charge is 2.47. The zero-order valence-corrected chi connectivity index (χ0v) is 54.6. The van der Waals surface area contributed by atoms with E-state index in [2.05, 4.69) is 135 Å². The molecule has 1 heterocycles. The molecule has 492 valence electrons. The fraction of sp³-hybridized carbons (Fsp3) is 0.707. The minimum absolute atomic E-state index is 0.109. The van der Waals surface area contributed by atoms with Crippen molar-refractivity contribution in [3.05, 3.63) is 122 Å². The molecule has 0 bridgehead atoms. The zero-order chi connectivity index (χ0) is 62.4. The Hall–Kier alpha value is -3.94. The Balaban J connectivity index is 2.60. The van der Waals surface area contributed by atoms with Gasteiger partial charge in [0.05, 0.1) is 25.4 Å². The van der Waals surface area contributed by atoms with Crippen LogP contribution >= 0.6 is 0 Å². The van der Waals surface area contributed by atoms with Crippen molar-refractivity contribution < 1.29 is 49.3 Å². The first-order valence-corrected chi connectivity index (χ1v) is 34.8. The average molecular weight is 1200 g/mol. The molecule has 0 spiro atoms. The fourth-order valence-electron chi connectivity index (χ4n) is 10.1. The minimum Gasteiger partial charge on any atom is -0.454 e. The molecule has 0 aromatic heterocycles. The Morgan fingerprint density at radius 1 is 0.465 bits per heavy atom. The second kappa shape index (κ2) is 61.3. The van der Waals surface area contributed by atoms with Gasteiger partial charge >= 0.3 is 5.97 Å². The number of carbonyl (C=O) groups excluding carboxylic acids is 2. The van der Waals surface area contributed by atoms with Crippen LogP contribution in [0, 0.1) is 0 Å². The molecule has 11 heteroatoms. The van der Waals surface area contributed by atoms with Crippen molar-refractivity contribution >= 4 is 11.9 Å². The second-order valence-corrected chi connectivity index (χ2v) is 23.5. The van der Waals surface area contributed by atoms with Crippen LogP contribution in [0.15, 0.2) is 122 Å². The van der Waals surface area contributed by atoms with E-state index >= 15 is 0 Å². The van der Waals surface area contributed by atoms with E-state index in [1.165, 1.54) is 109 Å². The molecule has 1 fully saturated rings. The third kappa shape index (κ3) is 48.0. The summed E-state index contributed by atoms with van der Waals surface area (Å²) in [7, 11) is 0. The standard InChI is InChI=1S/C75H127NO10/c1-4-7-10-13-16-19-22-25-27-29-31-32-33-34-35-36-37-38-39-41-43-45-48-51-54-57-60-63-70(80)86-73-72(82)71(81)69(64-77)85-75(73)84-65-66(67(78)61-58-55-52-49-46-24-21-18-15-12-9-6-3)76-74(83)68(79)62-59-56-53-50-47-44-42-40-30-28-26-23-20-17-14-11-8-5-2/h8,11,16-17,19-20,25-28,31-32,34-35,40,42,47,50,58,61,66-69,71-73,75,77-79,81-82H,4-7,9-10,12-15,18,21-24,29-30,33,36-39,41,43-46,48-49,51-57,59-60,62-65H2,1-3H3,(H,76,83)/b11-8-,19-16-,20-17-,27-25-,28-26-,32-31-,35-34-,42-40-,50-47-,61-58+. The van der Waals surface area contributed by atoms with E-state index in [9.17, 15) is 35.1 Å². The third-order valence-corrected chi connectivity index (χ3v) is 15.6. The van der Waals surface area contributed by atoms with E-state index < -0.39 is 67.4 Å². The van der Waals surface area contributed by atoms with E-state index in [0.717, 1.165) is 122 Å². The lowest BCUT2D eigenvalue weighted by Crippen LogP contribution is -2.61. The lowest BCUT2D eigenvalue weighted by atomic mass is 9.99. The molecule has 0 saturated carbocycles. The van der Waals surface area contributed by atoms with Gasteiger partial charge in [-0.05, 0) is 116 Å². The largest absolute Gasteiger partial charge is 0.454 e. The minimum atomic E-state index is -1.63. The predicted molar refractivity (Wildman–Crippen MR) is 361 cm³/mol. The SMILES string of the molecule is CC/C=C\C/C=C\C/C=C\C/C=C\C/C=C\CCCCC(O)C(=O)NC(COC1OC(CO)C(O)C(O)C1OC(=O)CCCCCCCCCCCCC/C=C\C/C=C\C/C=C\C/C=C\CCCCC)C(O)/C=C/CCCCCCCCCCCC. The molecule has 1 aliphatic rings. The normalized spacial score (nSPS) is 19.1. The quantitative estimate of drug-likeness (QED) is 0.0195. The van der Waals surface area contributed by atoms with E-state index in [0.29, 0.717) is 12.8 Å². The summed E-state index contributed by atoms with van der Waals surface area (Å²) in [6, 6.07) is -1.05. The molecule has 0 radical (unpaired) electrons. The van der Waals surface area contributed by atoms with Crippen LogP contribution in [0.25, 0.3) is 0 Å². The van der Waals surface area contributed by atoms with Crippen molar-refractivity contribution in [2.75, 3.05) is 13.2 Å². The van der Waals surface area contributed by atoms with Gasteiger partial charge in [-0.25, -0.2) is 0 Å². The van der Waals surface area contributed by atoms with Gasteiger partial charge in [-0.2, -0.15) is 0 Å². The number of nitrogens with one attached hydrogen (secondary N) is 1. The molecule has 0 aliphatic carbocycles. The summed E-state index contributed by atoms with van der Waals surface area (Å²) in [5, 5.41) is 57.1. The number of allylic oxidation sites excluding steroid dienone is 19. The van der Waals surface area contributed by atoms with E-state index in [1.807, 2.05) is 6.08 Å². The number of aliphatic hydroxyl groups is 5. The number of aliphatic hydroxyl groups excluding tert-OH is 5. The number of hydrogen-bond donors (Lipinski definition) is 6. The van der Waals surface area contributed by atoms with Crippen LogP contribution in [-0.2, 0) is 23.8 Å². The molecule has 86 heavy (non-hydrogen) atoms. The van der Waals surface area contributed by atoms with E-state index in [1.54, 1.807) is 6.08 Å². The molecule has 11 nitrogen and oxygen atoms in total. The van der Waals surface area contributed by atoms with Crippen LogP contribution in [0.4, 0.5) is 0 Å². The first kappa shape index (κ1) is 80.1. The van der Waals surface area contributed by atoms with Gasteiger partial charge < -0.3 is 45.1 Å². The molecule has 1 rings (SSSR count). The van der Waals surface area contributed by atoms with Crippen molar-refractivity contribution in [1.29, 1.82) is 0 Å². The van der Waals surface area contributed by atoms with Crippen LogP contribution in [0.1, 0.15) is 278 Å². The maximum absolute atomic E-state index is 13.4. The topological polar surface area (TPSA) is 175 Å². The molecular weight excluding hydrogens is 1070 g/mol. The zero-order valence-electron chi connectivity index (χ0n) is 54.6. The van der Waals surface area contributed by atoms with Gasteiger partial charge in [0.1, 0.15) is 24.4 Å². The maximum Gasteiger partial charge on any atom is 0.306 e. The van der Waals surface area contributed by atoms with Crippen molar-refractivity contribution in [1.82, 2.24) is 5.32 Å². The number of hydrogen-bond acceptors (Lipinski definition) is 10. The average Bonchev–Trinajstić information content (AvgIpc) is 3.59. The first-order valence-electron chi connectivity index (χ1n) is 34.8. The monoisotopic (exact) mass is 1200 g/mol. The molecular formula is C75H127NO10.